The van der Waals surface area contributed by atoms with Gasteiger partial charge in [0.25, 0.3) is 0 Å². The van der Waals surface area contributed by atoms with Gasteiger partial charge in [0.1, 0.15) is 11.4 Å². The Morgan fingerprint density at radius 3 is 2.32 bits per heavy atom. The SMILES string of the molecule is COc1ccc(C2C(I)=C(C(=O)O)N(C)N2C)cc1. The Balaban J connectivity index is 2.41. The van der Waals surface area contributed by atoms with E-state index >= 15 is 0 Å². The van der Waals surface area contributed by atoms with Crippen LogP contribution in [0.25, 0.3) is 0 Å². The van der Waals surface area contributed by atoms with Crippen LogP contribution in [0.3, 0.4) is 0 Å². The lowest BCUT2D eigenvalue weighted by molar-refractivity contribution is -0.135. The standard InChI is InChI=1S/C13H15IN2O3/c1-15-11(8-4-6-9(19-3)7-5-8)10(14)12(13(17)18)16(15)2/h4-7,11H,1-3H3,(H,17,18). The number of ether oxygens (including phenoxy) is 1. The Kier molecular flexibility index (Phi) is 4.00. The molecule has 1 N–H and O–H groups in total. The maximum Gasteiger partial charge on any atom is 0.354 e. The van der Waals surface area contributed by atoms with Crippen LogP contribution in [0.5, 0.6) is 5.75 Å². The minimum absolute atomic E-state index is 0.0670. The minimum atomic E-state index is -0.908. The van der Waals surface area contributed by atoms with Gasteiger partial charge < -0.3 is 14.9 Å². The highest BCUT2D eigenvalue weighted by Crippen LogP contribution is 2.41. The molecule has 1 aromatic rings. The van der Waals surface area contributed by atoms with E-state index in [1.165, 1.54) is 0 Å². The zero-order chi connectivity index (χ0) is 14.2. The van der Waals surface area contributed by atoms with Crippen molar-refractivity contribution in [3.8, 4) is 5.75 Å². The maximum atomic E-state index is 11.3. The third-order valence-corrected chi connectivity index (χ3v) is 4.37. The summed E-state index contributed by atoms with van der Waals surface area (Å²) >= 11 is 2.11. The summed E-state index contributed by atoms with van der Waals surface area (Å²) in [6.07, 6.45) is 0. The van der Waals surface area contributed by atoms with Crippen molar-refractivity contribution in [1.82, 2.24) is 10.0 Å². The van der Waals surface area contributed by atoms with Gasteiger partial charge in [-0.05, 0) is 40.3 Å². The van der Waals surface area contributed by atoms with Crippen LogP contribution in [-0.4, -0.2) is 42.3 Å². The van der Waals surface area contributed by atoms with Gasteiger partial charge in [-0.1, -0.05) is 12.1 Å². The van der Waals surface area contributed by atoms with Crippen molar-refractivity contribution in [3.05, 3.63) is 39.1 Å². The predicted molar refractivity (Wildman–Crippen MR) is 79.9 cm³/mol. The largest absolute Gasteiger partial charge is 0.497 e. The van der Waals surface area contributed by atoms with E-state index in [2.05, 4.69) is 22.6 Å². The van der Waals surface area contributed by atoms with Crippen LogP contribution < -0.4 is 4.74 Å². The first-order chi connectivity index (χ1) is 8.97. The van der Waals surface area contributed by atoms with Gasteiger partial charge in [-0.25, -0.2) is 9.80 Å². The topological polar surface area (TPSA) is 53.0 Å². The van der Waals surface area contributed by atoms with E-state index in [1.807, 2.05) is 36.3 Å². The Morgan fingerprint density at radius 2 is 1.89 bits per heavy atom. The first kappa shape index (κ1) is 14.1. The van der Waals surface area contributed by atoms with Crippen LogP contribution in [-0.2, 0) is 4.79 Å². The number of hydrogen-bond acceptors (Lipinski definition) is 4. The number of carboxylic acid groups (broad SMARTS) is 1. The highest BCUT2D eigenvalue weighted by atomic mass is 127. The van der Waals surface area contributed by atoms with E-state index in [0.717, 1.165) is 14.9 Å². The average molecular weight is 374 g/mol. The fraction of sp³-hybridized carbons (Fsp3) is 0.308. The molecule has 0 fully saturated rings. The summed E-state index contributed by atoms with van der Waals surface area (Å²) in [6, 6.07) is 7.61. The second-order valence-corrected chi connectivity index (χ2v) is 5.44. The van der Waals surface area contributed by atoms with Crippen LogP contribution in [0.1, 0.15) is 11.6 Å². The lowest BCUT2D eigenvalue weighted by atomic mass is 10.1. The van der Waals surface area contributed by atoms with Crippen molar-refractivity contribution in [2.24, 2.45) is 0 Å². The molecule has 0 radical (unpaired) electrons. The number of hydrogen-bond donors (Lipinski definition) is 1. The van der Waals surface area contributed by atoms with Gasteiger partial charge in [0.05, 0.1) is 13.2 Å². The molecular weight excluding hydrogens is 359 g/mol. The molecule has 0 saturated carbocycles. The van der Waals surface area contributed by atoms with Crippen molar-refractivity contribution in [2.75, 3.05) is 21.2 Å². The Hall–Kier alpha value is -1.28. The molecular formula is C13H15IN2O3. The Labute approximate surface area is 125 Å². The molecule has 0 bridgehead atoms. The first-order valence-electron chi connectivity index (χ1n) is 5.70. The second-order valence-electron chi connectivity index (χ2n) is 4.27. The number of hydrazine groups is 1. The molecule has 0 aliphatic carbocycles. The van der Waals surface area contributed by atoms with Gasteiger partial charge in [0, 0.05) is 17.7 Å². The van der Waals surface area contributed by atoms with Gasteiger partial charge in [-0.2, -0.15) is 0 Å². The van der Waals surface area contributed by atoms with Crippen LogP contribution >= 0.6 is 22.6 Å². The molecule has 6 heteroatoms. The highest BCUT2D eigenvalue weighted by Gasteiger charge is 2.37. The second kappa shape index (κ2) is 5.38. The smallest absolute Gasteiger partial charge is 0.354 e. The molecule has 2 rings (SSSR count). The van der Waals surface area contributed by atoms with E-state index in [9.17, 15) is 9.90 Å². The van der Waals surface area contributed by atoms with E-state index in [4.69, 9.17) is 4.74 Å². The van der Waals surface area contributed by atoms with Gasteiger partial charge in [0.15, 0.2) is 0 Å². The van der Waals surface area contributed by atoms with Gasteiger partial charge in [0.2, 0.25) is 0 Å². The molecule has 1 atom stereocenters. The summed E-state index contributed by atoms with van der Waals surface area (Å²) in [6.45, 7) is 0. The molecule has 0 saturated heterocycles. The number of likely N-dealkylation sites (N-methyl/N-ethyl adjacent to an activating group) is 2. The molecule has 0 aromatic heterocycles. The summed E-state index contributed by atoms with van der Waals surface area (Å²) in [7, 11) is 5.26. The van der Waals surface area contributed by atoms with E-state index in [0.29, 0.717) is 5.70 Å². The van der Waals surface area contributed by atoms with Crippen LogP contribution in [0, 0.1) is 0 Å². The number of halogens is 1. The lowest BCUT2D eigenvalue weighted by Gasteiger charge is -2.28. The lowest BCUT2D eigenvalue weighted by Crippen LogP contribution is -2.34. The van der Waals surface area contributed by atoms with Crippen molar-refractivity contribution in [1.29, 1.82) is 0 Å². The van der Waals surface area contributed by atoms with Crippen molar-refractivity contribution in [3.63, 3.8) is 0 Å². The summed E-state index contributed by atoms with van der Waals surface area (Å²) in [5.74, 6) is -0.120. The van der Waals surface area contributed by atoms with E-state index < -0.39 is 5.97 Å². The number of rotatable bonds is 3. The predicted octanol–water partition coefficient (Wildman–Crippen LogP) is 2.26. The zero-order valence-corrected chi connectivity index (χ0v) is 13.1. The van der Waals surface area contributed by atoms with Crippen LogP contribution in [0.2, 0.25) is 0 Å². The molecule has 1 aromatic carbocycles. The molecule has 19 heavy (non-hydrogen) atoms. The van der Waals surface area contributed by atoms with Crippen molar-refractivity contribution in [2.45, 2.75) is 6.04 Å². The molecule has 0 amide bonds. The van der Waals surface area contributed by atoms with E-state index in [1.54, 1.807) is 19.2 Å². The van der Waals surface area contributed by atoms with Gasteiger partial charge in [-0.15, -0.1) is 0 Å². The zero-order valence-electron chi connectivity index (χ0n) is 10.9. The number of nitrogens with zero attached hydrogens (tertiary/aromatic N) is 2. The van der Waals surface area contributed by atoms with Crippen LogP contribution in [0.15, 0.2) is 33.5 Å². The quantitative estimate of drug-likeness (QED) is 0.823. The molecule has 1 aliphatic heterocycles. The summed E-state index contributed by atoms with van der Waals surface area (Å²) < 4.78 is 5.94. The number of methoxy groups -OCH3 is 1. The van der Waals surface area contributed by atoms with Crippen molar-refractivity contribution < 1.29 is 14.6 Å². The minimum Gasteiger partial charge on any atom is -0.497 e. The normalized spacial score (nSPS) is 20.0. The molecule has 0 spiro atoms. The molecule has 5 nitrogen and oxygen atoms in total. The van der Waals surface area contributed by atoms with Crippen molar-refractivity contribution >= 4 is 28.6 Å². The van der Waals surface area contributed by atoms with Crippen LogP contribution in [0.4, 0.5) is 0 Å². The third kappa shape index (κ3) is 2.42. The molecule has 1 unspecified atom stereocenters. The number of benzene rings is 1. The highest BCUT2D eigenvalue weighted by molar-refractivity contribution is 14.1. The average Bonchev–Trinajstić information content (AvgIpc) is 2.60. The first-order valence-corrected chi connectivity index (χ1v) is 6.78. The summed E-state index contributed by atoms with van der Waals surface area (Å²) in [5, 5.41) is 12.8. The summed E-state index contributed by atoms with van der Waals surface area (Å²) in [4.78, 5) is 11.3. The number of carbonyl (C=O) groups is 1. The summed E-state index contributed by atoms with van der Waals surface area (Å²) in [5.41, 5.74) is 1.36. The Morgan fingerprint density at radius 1 is 1.32 bits per heavy atom. The van der Waals surface area contributed by atoms with Gasteiger partial charge >= 0.3 is 5.97 Å². The van der Waals surface area contributed by atoms with E-state index in [-0.39, 0.29) is 6.04 Å². The monoisotopic (exact) mass is 374 g/mol. The fourth-order valence-corrected chi connectivity index (χ4v) is 3.51. The fourth-order valence-electron chi connectivity index (χ4n) is 2.17. The molecule has 1 aliphatic rings. The van der Waals surface area contributed by atoms with Gasteiger partial charge in [-0.3, -0.25) is 0 Å². The Bertz CT molecular complexity index is 527. The number of aliphatic carboxylic acids is 1. The third-order valence-electron chi connectivity index (χ3n) is 3.27. The molecule has 102 valence electrons. The molecule has 1 heterocycles. The maximum absolute atomic E-state index is 11.3. The number of carboxylic acids is 1.